The third-order valence-electron chi connectivity index (χ3n) is 2.11. The second kappa shape index (κ2) is 6.45. The van der Waals surface area contributed by atoms with Crippen LogP contribution in [0.4, 0.5) is 10.5 Å². The normalized spacial score (nSPS) is 11.4. The molecule has 0 saturated carbocycles. The van der Waals surface area contributed by atoms with Crippen molar-refractivity contribution in [2.45, 2.75) is 6.04 Å². The van der Waals surface area contributed by atoms with Crippen LogP contribution in [0.2, 0.25) is 0 Å². The summed E-state index contributed by atoms with van der Waals surface area (Å²) in [6, 6.07) is 4.53. The van der Waals surface area contributed by atoms with Gasteiger partial charge in [0.05, 0.1) is 13.7 Å². The molecule has 0 unspecified atom stereocenters. The summed E-state index contributed by atoms with van der Waals surface area (Å²) in [6.07, 6.45) is 0. The summed E-state index contributed by atoms with van der Waals surface area (Å²) in [6.45, 7) is -0.680. The molecule has 0 bridgehead atoms. The first-order valence-electron chi connectivity index (χ1n) is 5.12. The Balaban J connectivity index is 2.61. The summed E-state index contributed by atoms with van der Waals surface area (Å²) in [5.41, 5.74) is 0.453. The van der Waals surface area contributed by atoms with E-state index < -0.39 is 24.6 Å². The zero-order chi connectivity index (χ0) is 13.5. The van der Waals surface area contributed by atoms with Crippen LogP contribution in [0.3, 0.4) is 0 Å². The number of rotatable bonds is 5. The van der Waals surface area contributed by atoms with E-state index in [-0.39, 0.29) is 0 Å². The second-order valence-electron chi connectivity index (χ2n) is 3.40. The van der Waals surface area contributed by atoms with Crippen LogP contribution in [0.5, 0.6) is 5.75 Å². The quantitative estimate of drug-likeness (QED) is 0.603. The molecule has 0 aliphatic rings. The highest BCUT2D eigenvalue weighted by molar-refractivity contribution is 5.92. The van der Waals surface area contributed by atoms with Gasteiger partial charge in [-0.2, -0.15) is 0 Å². The van der Waals surface area contributed by atoms with Crippen molar-refractivity contribution >= 4 is 17.7 Å². The number of ether oxygens (including phenoxy) is 1. The summed E-state index contributed by atoms with van der Waals surface area (Å²) in [5.74, 6) is -0.747. The molecule has 0 saturated heterocycles. The van der Waals surface area contributed by atoms with Crippen molar-refractivity contribution in [3.63, 3.8) is 0 Å². The molecule has 7 nitrogen and oxygen atoms in total. The van der Waals surface area contributed by atoms with Crippen LogP contribution in [0.15, 0.2) is 24.3 Å². The second-order valence-corrected chi connectivity index (χ2v) is 3.40. The number of urea groups is 1. The molecular weight excluding hydrogens is 240 g/mol. The fourth-order valence-electron chi connectivity index (χ4n) is 1.21. The van der Waals surface area contributed by atoms with E-state index in [1.807, 2.05) is 0 Å². The average Bonchev–Trinajstić information content (AvgIpc) is 2.35. The Kier molecular flexibility index (Phi) is 4.94. The van der Waals surface area contributed by atoms with Gasteiger partial charge in [-0.3, -0.25) is 0 Å². The molecule has 4 N–H and O–H groups in total. The average molecular weight is 254 g/mol. The monoisotopic (exact) mass is 254 g/mol. The molecule has 0 aliphatic heterocycles. The molecule has 0 aliphatic carbocycles. The molecule has 0 radical (unpaired) electrons. The van der Waals surface area contributed by atoms with Crippen LogP contribution in [0, 0.1) is 0 Å². The Hall–Kier alpha value is -2.28. The van der Waals surface area contributed by atoms with E-state index in [1.54, 1.807) is 24.3 Å². The number of aliphatic hydroxyl groups is 1. The van der Waals surface area contributed by atoms with Gasteiger partial charge in [0.2, 0.25) is 0 Å². The summed E-state index contributed by atoms with van der Waals surface area (Å²) < 4.78 is 4.97. The third-order valence-corrected chi connectivity index (χ3v) is 2.11. The van der Waals surface area contributed by atoms with Crippen LogP contribution in [0.1, 0.15) is 0 Å². The molecule has 1 aromatic rings. The highest BCUT2D eigenvalue weighted by Crippen LogP contribution is 2.16. The van der Waals surface area contributed by atoms with Crippen molar-refractivity contribution in [2.24, 2.45) is 0 Å². The number of hydrogen-bond donors (Lipinski definition) is 4. The highest BCUT2D eigenvalue weighted by Gasteiger charge is 2.18. The smallest absolute Gasteiger partial charge is 0.328 e. The van der Waals surface area contributed by atoms with Gasteiger partial charge in [0.1, 0.15) is 5.75 Å². The summed E-state index contributed by atoms with van der Waals surface area (Å²) >= 11 is 0. The minimum Gasteiger partial charge on any atom is -0.497 e. The Labute approximate surface area is 103 Å². The molecule has 1 atom stereocenters. The summed E-state index contributed by atoms with van der Waals surface area (Å²) in [5, 5.41) is 21.9. The molecule has 1 rings (SSSR count). The van der Waals surface area contributed by atoms with Gasteiger partial charge >= 0.3 is 12.0 Å². The van der Waals surface area contributed by atoms with E-state index in [2.05, 4.69) is 10.6 Å². The largest absolute Gasteiger partial charge is 0.497 e. The number of methoxy groups -OCH3 is 1. The predicted molar refractivity (Wildman–Crippen MR) is 63.7 cm³/mol. The summed E-state index contributed by atoms with van der Waals surface area (Å²) in [7, 11) is 1.49. The number of amides is 2. The number of anilines is 1. The molecule has 1 aromatic carbocycles. The number of aliphatic hydroxyl groups excluding tert-OH is 1. The maximum absolute atomic E-state index is 11.4. The minimum atomic E-state index is -1.34. The molecule has 0 heterocycles. The van der Waals surface area contributed by atoms with Gasteiger partial charge in [0.15, 0.2) is 6.04 Å². The van der Waals surface area contributed by atoms with Crippen molar-refractivity contribution < 1.29 is 24.5 Å². The lowest BCUT2D eigenvalue weighted by atomic mass is 10.3. The number of aliphatic carboxylic acids is 1. The summed E-state index contributed by atoms with van der Waals surface area (Å²) in [4.78, 5) is 22.0. The number of nitrogens with one attached hydrogen (secondary N) is 2. The lowest BCUT2D eigenvalue weighted by Crippen LogP contribution is -2.45. The zero-order valence-electron chi connectivity index (χ0n) is 9.71. The Morgan fingerprint density at radius 3 is 2.72 bits per heavy atom. The maximum atomic E-state index is 11.4. The topological polar surface area (TPSA) is 108 Å². The number of carboxylic acid groups (broad SMARTS) is 1. The first kappa shape index (κ1) is 13.8. The van der Waals surface area contributed by atoms with E-state index in [1.165, 1.54) is 7.11 Å². The first-order valence-corrected chi connectivity index (χ1v) is 5.12. The van der Waals surface area contributed by atoms with E-state index in [4.69, 9.17) is 14.9 Å². The van der Waals surface area contributed by atoms with Crippen LogP contribution < -0.4 is 15.4 Å². The first-order chi connectivity index (χ1) is 8.56. The van der Waals surface area contributed by atoms with E-state index >= 15 is 0 Å². The van der Waals surface area contributed by atoms with Crippen LogP contribution in [0.25, 0.3) is 0 Å². The molecular formula is C11H14N2O5. The lowest BCUT2D eigenvalue weighted by Gasteiger charge is -2.12. The van der Waals surface area contributed by atoms with Crippen molar-refractivity contribution in [3.05, 3.63) is 24.3 Å². The molecule has 98 valence electrons. The number of carbonyl (C=O) groups is 2. The molecule has 0 fully saturated rings. The molecule has 18 heavy (non-hydrogen) atoms. The van der Waals surface area contributed by atoms with Crippen molar-refractivity contribution in [1.29, 1.82) is 0 Å². The Morgan fingerprint density at radius 1 is 1.44 bits per heavy atom. The van der Waals surface area contributed by atoms with Crippen molar-refractivity contribution in [1.82, 2.24) is 5.32 Å². The van der Waals surface area contributed by atoms with Crippen molar-refractivity contribution in [2.75, 3.05) is 19.0 Å². The van der Waals surface area contributed by atoms with Crippen LogP contribution in [-0.2, 0) is 4.79 Å². The number of hydrogen-bond acceptors (Lipinski definition) is 4. The highest BCUT2D eigenvalue weighted by atomic mass is 16.5. The Bertz CT molecular complexity index is 435. The van der Waals surface area contributed by atoms with Gasteiger partial charge in [-0.05, 0) is 12.1 Å². The van der Waals surface area contributed by atoms with Crippen LogP contribution >= 0.6 is 0 Å². The van der Waals surface area contributed by atoms with E-state index in [9.17, 15) is 9.59 Å². The van der Waals surface area contributed by atoms with Gasteiger partial charge in [0, 0.05) is 11.8 Å². The molecule has 0 aromatic heterocycles. The fraction of sp³-hybridized carbons (Fsp3) is 0.273. The van der Waals surface area contributed by atoms with E-state index in [0.29, 0.717) is 11.4 Å². The Morgan fingerprint density at radius 2 is 2.17 bits per heavy atom. The SMILES string of the molecule is COc1cccc(NC(=O)N[C@@H](CO)C(=O)O)c1. The number of carboxylic acids is 1. The van der Waals surface area contributed by atoms with Crippen molar-refractivity contribution in [3.8, 4) is 5.75 Å². The third kappa shape index (κ3) is 3.95. The van der Waals surface area contributed by atoms with Gasteiger partial charge in [0.25, 0.3) is 0 Å². The van der Waals surface area contributed by atoms with Gasteiger partial charge < -0.3 is 25.6 Å². The van der Waals surface area contributed by atoms with Gasteiger partial charge in [-0.15, -0.1) is 0 Å². The predicted octanol–water partition coefficient (Wildman–Crippen LogP) is 0.262. The van der Waals surface area contributed by atoms with Gasteiger partial charge in [-0.1, -0.05) is 6.07 Å². The number of carbonyl (C=O) groups excluding carboxylic acids is 1. The van der Waals surface area contributed by atoms with E-state index in [0.717, 1.165) is 0 Å². The molecule has 7 heteroatoms. The number of benzene rings is 1. The van der Waals surface area contributed by atoms with Crippen LogP contribution in [-0.4, -0.2) is 42.0 Å². The maximum Gasteiger partial charge on any atom is 0.328 e. The minimum absolute atomic E-state index is 0.453. The molecule has 2 amide bonds. The zero-order valence-corrected chi connectivity index (χ0v) is 9.71. The fourth-order valence-corrected chi connectivity index (χ4v) is 1.21. The standard InChI is InChI=1S/C11H14N2O5/c1-18-8-4-2-3-7(5-8)12-11(17)13-9(6-14)10(15)16/h2-5,9,14H,6H2,1H3,(H,15,16)(H2,12,13,17)/t9-/m0/s1. The van der Waals surface area contributed by atoms with Gasteiger partial charge in [-0.25, -0.2) is 9.59 Å². The lowest BCUT2D eigenvalue weighted by molar-refractivity contribution is -0.140. The molecule has 0 spiro atoms.